The van der Waals surface area contributed by atoms with E-state index in [9.17, 15) is 4.39 Å². The van der Waals surface area contributed by atoms with Gasteiger partial charge >= 0.3 is 0 Å². The maximum Gasteiger partial charge on any atom is 0.183 e. The van der Waals surface area contributed by atoms with E-state index in [0.717, 1.165) is 42.9 Å². The molecule has 0 saturated heterocycles. The molecule has 0 aliphatic rings. The third kappa shape index (κ3) is 6.09. The molecule has 6 heterocycles. The van der Waals surface area contributed by atoms with Crippen molar-refractivity contribution >= 4 is 60.5 Å². The van der Waals surface area contributed by atoms with E-state index < -0.39 is 0 Å². The monoisotopic (exact) mass is 641 g/mol. The molecule has 6 aromatic heterocycles. The van der Waals surface area contributed by atoms with E-state index in [1.807, 2.05) is 6.92 Å². The average Bonchev–Trinajstić information content (AvgIpc) is 3.50. The third-order valence-electron chi connectivity index (χ3n) is 6.97. The number of thiophene rings is 2. The average molecular weight is 642 g/mol. The number of anilines is 1. The zero-order valence-electron chi connectivity index (χ0n) is 24.1. The summed E-state index contributed by atoms with van der Waals surface area (Å²) in [6, 6.07) is 6.43. The summed E-state index contributed by atoms with van der Waals surface area (Å²) >= 11 is 9.49. The fraction of sp³-hybridized carbons (Fsp3) is 0.161. The van der Waals surface area contributed by atoms with Crippen LogP contribution in [0.3, 0.4) is 0 Å². The summed E-state index contributed by atoms with van der Waals surface area (Å²) in [5.74, 6) is 1.56. The first-order valence-electron chi connectivity index (χ1n) is 13.5. The van der Waals surface area contributed by atoms with Crippen LogP contribution in [0, 0.1) is 33.5 Å². The lowest BCUT2D eigenvalue weighted by atomic mass is 10.2. The van der Waals surface area contributed by atoms with Crippen molar-refractivity contribution in [1.29, 1.82) is 0 Å². The minimum Gasteiger partial charge on any atom is -0.365 e. The van der Waals surface area contributed by atoms with Crippen molar-refractivity contribution in [2.24, 2.45) is 0 Å². The molecule has 0 fully saturated rings. The third-order valence-corrected chi connectivity index (χ3v) is 9.45. The van der Waals surface area contributed by atoms with Crippen molar-refractivity contribution in [1.82, 2.24) is 39.9 Å². The summed E-state index contributed by atoms with van der Waals surface area (Å²) < 4.78 is 13.1. The predicted octanol–water partition coefficient (Wildman–Crippen LogP) is 7.93. The molecular weight excluding hydrogens is 617 g/mol. The lowest BCUT2D eigenvalue weighted by molar-refractivity contribution is 0.627. The van der Waals surface area contributed by atoms with Gasteiger partial charge in [0.1, 0.15) is 37.8 Å². The van der Waals surface area contributed by atoms with Crippen molar-refractivity contribution < 1.29 is 4.39 Å². The second-order valence-corrected chi connectivity index (χ2v) is 12.6. The van der Waals surface area contributed by atoms with E-state index in [-0.39, 0.29) is 5.82 Å². The number of aryl methyl sites for hydroxylation is 4. The topological polar surface area (TPSA) is 115 Å². The molecule has 0 bridgehead atoms. The fourth-order valence-electron chi connectivity index (χ4n) is 4.42. The highest BCUT2D eigenvalue weighted by molar-refractivity contribution is 7.19. The van der Waals surface area contributed by atoms with Crippen LogP contribution in [0.4, 0.5) is 10.2 Å². The van der Waals surface area contributed by atoms with Gasteiger partial charge in [0.2, 0.25) is 0 Å². The van der Waals surface area contributed by atoms with Gasteiger partial charge in [0.25, 0.3) is 0 Å². The maximum atomic E-state index is 13.1. The number of fused-ring (bicyclic) bond motifs is 2. The number of nitrogens with one attached hydrogen (secondary N) is 1. The molecule has 7 aromatic rings. The predicted molar refractivity (Wildman–Crippen MR) is 175 cm³/mol. The van der Waals surface area contributed by atoms with E-state index in [4.69, 9.17) is 11.6 Å². The Morgan fingerprint density at radius 2 is 1.25 bits per heavy atom. The molecule has 0 unspecified atom stereocenters. The molecule has 0 amide bonds. The summed E-state index contributed by atoms with van der Waals surface area (Å²) in [4.78, 5) is 39.0. The molecule has 13 heteroatoms. The Kier molecular flexibility index (Phi) is 8.47. The van der Waals surface area contributed by atoms with Gasteiger partial charge in [-0.3, -0.25) is 9.97 Å². The largest absolute Gasteiger partial charge is 0.365 e. The Morgan fingerprint density at radius 3 is 1.82 bits per heavy atom. The van der Waals surface area contributed by atoms with E-state index in [2.05, 4.69) is 66.0 Å². The molecular formula is C31H25ClFN9S2. The lowest BCUT2D eigenvalue weighted by Gasteiger charge is -2.10. The first-order chi connectivity index (χ1) is 21.3. The quantitative estimate of drug-likeness (QED) is 0.187. The van der Waals surface area contributed by atoms with Gasteiger partial charge in [0.15, 0.2) is 11.6 Å². The summed E-state index contributed by atoms with van der Waals surface area (Å²) in [6.45, 7) is 8.78. The van der Waals surface area contributed by atoms with Crippen LogP contribution >= 0.6 is 34.3 Å². The van der Waals surface area contributed by atoms with Gasteiger partial charge in [-0.25, -0.2) is 34.3 Å². The molecule has 0 atom stereocenters. The van der Waals surface area contributed by atoms with Crippen LogP contribution in [-0.2, 0) is 6.54 Å². The number of halogens is 2. The minimum absolute atomic E-state index is 0.243. The molecule has 9 nitrogen and oxygen atoms in total. The first kappa shape index (κ1) is 29.5. The smallest absolute Gasteiger partial charge is 0.183 e. The molecule has 0 spiro atoms. The Bertz CT molecular complexity index is 2080. The SMILES string of the molecule is Cc1sc2nc(-c3cnccn3)nc(Cl)c2c1C.Cc1sc2nc(-c3cnccn3)nc(NCc3ccc(F)cc3)c2c1C. The van der Waals surface area contributed by atoms with Gasteiger partial charge < -0.3 is 5.32 Å². The van der Waals surface area contributed by atoms with Crippen LogP contribution in [0.5, 0.6) is 0 Å². The fourth-order valence-corrected chi connectivity index (χ4v) is 6.85. The number of rotatable bonds is 5. The molecule has 44 heavy (non-hydrogen) atoms. The Labute approximate surface area is 265 Å². The number of hydrogen-bond donors (Lipinski definition) is 1. The van der Waals surface area contributed by atoms with E-state index in [0.29, 0.717) is 34.7 Å². The van der Waals surface area contributed by atoms with Gasteiger partial charge in [-0.05, 0) is 56.5 Å². The Morgan fingerprint density at radius 1 is 0.705 bits per heavy atom. The summed E-state index contributed by atoms with van der Waals surface area (Å²) in [6.07, 6.45) is 9.75. The molecule has 0 aliphatic carbocycles. The van der Waals surface area contributed by atoms with Crippen molar-refractivity contribution in [3.8, 4) is 23.0 Å². The molecule has 1 N–H and O–H groups in total. The first-order valence-corrected chi connectivity index (χ1v) is 15.5. The van der Waals surface area contributed by atoms with Crippen LogP contribution < -0.4 is 5.32 Å². The van der Waals surface area contributed by atoms with Crippen molar-refractivity contribution in [3.63, 3.8) is 0 Å². The van der Waals surface area contributed by atoms with Crippen LogP contribution in [-0.4, -0.2) is 39.9 Å². The van der Waals surface area contributed by atoms with Gasteiger partial charge in [-0.2, -0.15) is 0 Å². The maximum absolute atomic E-state index is 13.1. The van der Waals surface area contributed by atoms with Crippen molar-refractivity contribution in [2.75, 3.05) is 5.32 Å². The number of benzene rings is 1. The van der Waals surface area contributed by atoms with Crippen molar-refractivity contribution in [3.05, 3.63) is 98.9 Å². The van der Waals surface area contributed by atoms with Crippen LogP contribution in [0.25, 0.3) is 43.5 Å². The normalized spacial score (nSPS) is 11.0. The molecule has 0 radical (unpaired) electrons. The van der Waals surface area contributed by atoms with Gasteiger partial charge in [0.05, 0.1) is 23.2 Å². The zero-order valence-corrected chi connectivity index (χ0v) is 26.5. The highest BCUT2D eigenvalue weighted by Gasteiger charge is 2.17. The van der Waals surface area contributed by atoms with E-state index in [1.165, 1.54) is 21.9 Å². The van der Waals surface area contributed by atoms with E-state index in [1.54, 1.807) is 72.0 Å². The summed E-state index contributed by atoms with van der Waals surface area (Å²) in [5, 5.41) is 5.80. The minimum atomic E-state index is -0.243. The second-order valence-electron chi connectivity index (χ2n) is 9.82. The van der Waals surface area contributed by atoms with Crippen molar-refractivity contribution in [2.45, 2.75) is 34.2 Å². The standard InChI is InChI=1S/C19H16FN5S.C12H9ClN4S/c1-11-12(2)26-19-16(11)18(23-9-13-3-5-14(20)6-4-13)24-17(25-19)15-10-21-7-8-22-15;1-6-7(2)18-12-9(6)10(13)16-11(17-12)8-5-14-3-4-15-8/h3-8,10H,9H2,1-2H3,(H,23,24,25);3-5H,1-2H3. The lowest BCUT2D eigenvalue weighted by Crippen LogP contribution is -2.04. The van der Waals surface area contributed by atoms with Gasteiger partial charge in [0, 0.05) is 41.1 Å². The van der Waals surface area contributed by atoms with Crippen LogP contribution in [0.15, 0.2) is 61.4 Å². The molecule has 220 valence electrons. The highest BCUT2D eigenvalue weighted by Crippen LogP contribution is 2.35. The number of aromatic nitrogens is 8. The van der Waals surface area contributed by atoms with E-state index >= 15 is 0 Å². The summed E-state index contributed by atoms with van der Waals surface area (Å²) in [5.41, 5.74) is 4.54. The highest BCUT2D eigenvalue weighted by atomic mass is 35.5. The zero-order chi connectivity index (χ0) is 30.8. The Hall–Kier alpha value is -4.52. The Balaban J connectivity index is 0.000000167. The van der Waals surface area contributed by atoms with Crippen LogP contribution in [0.1, 0.15) is 26.4 Å². The summed E-state index contributed by atoms with van der Waals surface area (Å²) in [7, 11) is 0. The van der Waals surface area contributed by atoms with Gasteiger partial charge in [-0.15, -0.1) is 22.7 Å². The van der Waals surface area contributed by atoms with Crippen LogP contribution in [0.2, 0.25) is 5.15 Å². The number of nitrogens with zero attached hydrogens (tertiary/aromatic N) is 8. The molecule has 0 aliphatic heterocycles. The molecule has 7 rings (SSSR count). The van der Waals surface area contributed by atoms with Gasteiger partial charge in [-0.1, -0.05) is 23.7 Å². The second kappa shape index (κ2) is 12.6. The molecule has 0 saturated carbocycles. The molecule has 1 aromatic carbocycles. The number of hydrogen-bond acceptors (Lipinski definition) is 11.